The Labute approximate surface area is 136 Å². The molecule has 0 aliphatic heterocycles. The first-order valence-electron chi connectivity index (χ1n) is 7.90. The van der Waals surface area contributed by atoms with Crippen molar-refractivity contribution >= 4 is 11.6 Å². The van der Waals surface area contributed by atoms with Gasteiger partial charge < -0.3 is 19.2 Å². The van der Waals surface area contributed by atoms with E-state index in [0.717, 1.165) is 12.8 Å². The standard InChI is InChI=1S/C18H23NO4/c1-4-9-22-16-7-6-14(12-17(16)23-10-5-2)19-18(20)15-8-11-21-13(15)3/h6-8,11-12H,4-5,9-10H2,1-3H3,(H,19,20). The molecule has 0 aliphatic rings. The molecule has 0 spiro atoms. The number of carbonyl (C=O) groups is 1. The molecule has 124 valence electrons. The van der Waals surface area contributed by atoms with Crippen LogP contribution in [0.25, 0.3) is 0 Å². The van der Waals surface area contributed by atoms with Crippen LogP contribution in [-0.4, -0.2) is 19.1 Å². The third kappa shape index (κ3) is 4.52. The average Bonchev–Trinajstić information content (AvgIpc) is 2.98. The van der Waals surface area contributed by atoms with Gasteiger partial charge in [-0.15, -0.1) is 0 Å². The van der Waals surface area contributed by atoms with E-state index in [2.05, 4.69) is 12.2 Å². The summed E-state index contributed by atoms with van der Waals surface area (Å²) in [5, 5.41) is 2.85. The van der Waals surface area contributed by atoms with E-state index in [9.17, 15) is 4.79 Å². The van der Waals surface area contributed by atoms with Gasteiger partial charge in [0, 0.05) is 11.8 Å². The maximum atomic E-state index is 12.2. The molecule has 1 aromatic carbocycles. The molecule has 0 saturated carbocycles. The Bertz CT molecular complexity index is 648. The number of amides is 1. The summed E-state index contributed by atoms with van der Waals surface area (Å²) >= 11 is 0. The molecule has 2 rings (SSSR count). The van der Waals surface area contributed by atoms with Crippen LogP contribution in [-0.2, 0) is 0 Å². The van der Waals surface area contributed by atoms with Gasteiger partial charge >= 0.3 is 0 Å². The average molecular weight is 317 g/mol. The van der Waals surface area contributed by atoms with Crippen LogP contribution >= 0.6 is 0 Å². The first-order chi connectivity index (χ1) is 11.2. The lowest BCUT2D eigenvalue weighted by Gasteiger charge is -2.14. The predicted octanol–water partition coefficient (Wildman–Crippen LogP) is 4.42. The number of hydrogen-bond donors (Lipinski definition) is 1. The van der Waals surface area contributed by atoms with Crippen LogP contribution in [0.15, 0.2) is 34.9 Å². The molecule has 0 radical (unpaired) electrons. The fourth-order valence-electron chi connectivity index (χ4n) is 2.06. The molecule has 1 N–H and O–H groups in total. The minimum atomic E-state index is -0.208. The number of carbonyl (C=O) groups excluding carboxylic acids is 1. The summed E-state index contributed by atoms with van der Waals surface area (Å²) in [6.45, 7) is 7.07. The van der Waals surface area contributed by atoms with Crippen molar-refractivity contribution in [1.82, 2.24) is 0 Å². The fraction of sp³-hybridized carbons (Fsp3) is 0.389. The number of nitrogens with one attached hydrogen (secondary N) is 1. The number of benzene rings is 1. The van der Waals surface area contributed by atoms with Crippen molar-refractivity contribution in [3.05, 3.63) is 41.9 Å². The zero-order valence-corrected chi connectivity index (χ0v) is 13.8. The van der Waals surface area contributed by atoms with E-state index >= 15 is 0 Å². The van der Waals surface area contributed by atoms with E-state index < -0.39 is 0 Å². The summed E-state index contributed by atoms with van der Waals surface area (Å²) in [5.41, 5.74) is 1.18. The van der Waals surface area contributed by atoms with E-state index in [1.165, 1.54) is 6.26 Å². The Balaban J connectivity index is 2.15. The molecule has 0 aliphatic carbocycles. The van der Waals surface area contributed by atoms with Crippen molar-refractivity contribution in [3.63, 3.8) is 0 Å². The molecule has 1 heterocycles. The maximum absolute atomic E-state index is 12.2. The van der Waals surface area contributed by atoms with Gasteiger partial charge in [0.15, 0.2) is 11.5 Å². The molecule has 0 bridgehead atoms. The van der Waals surface area contributed by atoms with Crippen LogP contribution < -0.4 is 14.8 Å². The number of aryl methyl sites for hydroxylation is 1. The first kappa shape index (κ1) is 16.9. The normalized spacial score (nSPS) is 10.4. The van der Waals surface area contributed by atoms with Gasteiger partial charge in [0.25, 0.3) is 5.91 Å². The van der Waals surface area contributed by atoms with Gasteiger partial charge in [0.2, 0.25) is 0 Å². The molecular weight excluding hydrogens is 294 g/mol. The number of ether oxygens (including phenoxy) is 2. The van der Waals surface area contributed by atoms with Crippen LogP contribution in [0.2, 0.25) is 0 Å². The highest BCUT2D eigenvalue weighted by Crippen LogP contribution is 2.31. The van der Waals surface area contributed by atoms with E-state index in [4.69, 9.17) is 13.9 Å². The van der Waals surface area contributed by atoms with Gasteiger partial charge in [-0.3, -0.25) is 4.79 Å². The smallest absolute Gasteiger partial charge is 0.259 e. The van der Waals surface area contributed by atoms with Crippen LogP contribution in [0, 0.1) is 6.92 Å². The predicted molar refractivity (Wildman–Crippen MR) is 89.4 cm³/mol. The Kier molecular flexibility index (Phi) is 6.09. The summed E-state index contributed by atoms with van der Waals surface area (Å²) in [4.78, 5) is 12.2. The van der Waals surface area contributed by atoms with Gasteiger partial charge in [-0.2, -0.15) is 0 Å². The lowest BCUT2D eigenvalue weighted by molar-refractivity contribution is 0.102. The van der Waals surface area contributed by atoms with Gasteiger partial charge in [-0.25, -0.2) is 0 Å². The van der Waals surface area contributed by atoms with Gasteiger partial charge in [0.1, 0.15) is 5.76 Å². The Morgan fingerprint density at radius 2 is 1.78 bits per heavy atom. The molecule has 0 atom stereocenters. The second-order valence-corrected chi connectivity index (χ2v) is 5.20. The van der Waals surface area contributed by atoms with Crippen LogP contribution in [0.1, 0.15) is 42.8 Å². The van der Waals surface area contributed by atoms with Crippen molar-refractivity contribution in [2.24, 2.45) is 0 Å². The second-order valence-electron chi connectivity index (χ2n) is 5.20. The quantitative estimate of drug-likeness (QED) is 0.783. The summed E-state index contributed by atoms with van der Waals surface area (Å²) in [7, 11) is 0. The largest absolute Gasteiger partial charge is 0.490 e. The minimum Gasteiger partial charge on any atom is -0.490 e. The monoisotopic (exact) mass is 317 g/mol. The highest BCUT2D eigenvalue weighted by atomic mass is 16.5. The van der Waals surface area contributed by atoms with Gasteiger partial charge in [0.05, 0.1) is 25.0 Å². The maximum Gasteiger partial charge on any atom is 0.259 e. The Morgan fingerprint density at radius 3 is 2.39 bits per heavy atom. The van der Waals surface area contributed by atoms with E-state index in [-0.39, 0.29) is 5.91 Å². The molecule has 5 heteroatoms. The number of anilines is 1. The first-order valence-corrected chi connectivity index (χ1v) is 7.90. The van der Waals surface area contributed by atoms with Gasteiger partial charge in [-0.05, 0) is 38.0 Å². The summed E-state index contributed by atoms with van der Waals surface area (Å²) in [6.07, 6.45) is 3.32. The molecule has 2 aromatic rings. The molecule has 1 amide bonds. The molecule has 1 aromatic heterocycles. The van der Waals surface area contributed by atoms with E-state index in [1.807, 2.05) is 13.0 Å². The van der Waals surface area contributed by atoms with Crippen LogP contribution in [0.3, 0.4) is 0 Å². The lowest BCUT2D eigenvalue weighted by Crippen LogP contribution is -2.12. The topological polar surface area (TPSA) is 60.7 Å². The summed E-state index contributed by atoms with van der Waals surface area (Å²) < 4.78 is 16.6. The third-order valence-electron chi connectivity index (χ3n) is 3.23. The van der Waals surface area contributed by atoms with E-state index in [1.54, 1.807) is 25.1 Å². The number of furan rings is 1. The van der Waals surface area contributed by atoms with Crippen molar-refractivity contribution in [2.45, 2.75) is 33.6 Å². The number of hydrogen-bond acceptors (Lipinski definition) is 4. The minimum absolute atomic E-state index is 0.208. The zero-order chi connectivity index (χ0) is 16.7. The second kappa shape index (κ2) is 8.27. The van der Waals surface area contributed by atoms with Crippen molar-refractivity contribution in [2.75, 3.05) is 18.5 Å². The van der Waals surface area contributed by atoms with Crippen molar-refractivity contribution in [3.8, 4) is 11.5 Å². The van der Waals surface area contributed by atoms with E-state index in [0.29, 0.717) is 41.7 Å². The Morgan fingerprint density at radius 1 is 1.09 bits per heavy atom. The number of rotatable bonds is 8. The molecule has 0 saturated heterocycles. The summed E-state index contributed by atoms with van der Waals surface area (Å²) in [5.74, 6) is 1.72. The Hall–Kier alpha value is -2.43. The third-order valence-corrected chi connectivity index (χ3v) is 3.23. The molecule has 5 nitrogen and oxygen atoms in total. The fourth-order valence-corrected chi connectivity index (χ4v) is 2.06. The lowest BCUT2D eigenvalue weighted by atomic mass is 10.2. The molecule has 0 fully saturated rings. The molecular formula is C18H23NO4. The van der Waals surface area contributed by atoms with Crippen molar-refractivity contribution < 1.29 is 18.7 Å². The van der Waals surface area contributed by atoms with Gasteiger partial charge in [-0.1, -0.05) is 13.8 Å². The highest BCUT2D eigenvalue weighted by Gasteiger charge is 2.13. The highest BCUT2D eigenvalue weighted by molar-refractivity contribution is 6.05. The molecule has 23 heavy (non-hydrogen) atoms. The van der Waals surface area contributed by atoms with Crippen LogP contribution in [0.4, 0.5) is 5.69 Å². The van der Waals surface area contributed by atoms with Crippen LogP contribution in [0.5, 0.6) is 11.5 Å². The zero-order valence-electron chi connectivity index (χ0n) is 13.8. The van der Waals surface area contributed by atoms with Crippen molar-refractivity contribution in [1.29, 1.82) is 0 Å². The SMILES string of the molecule is CCCOc1ccc(NC(=O)c2ccoc2C)cc1OCCC. The molecule has 0 unspecified atom stereocenters. The summed E-state index contributed by atoms with van der Waals surface area (Å²) in [6, 6.07) is 7.06.